The third kappa shape index (κ3) is 3.07. The molecule has 92 valence electrons. The topological polar surface area (TPSA) is 108 Å². The van der Waals surface area contributed by atoms with Gasteiger partial charge in [-0.2, -0.15) is 0 Å². The SMILES string of the molecule is CC(C)[C@H](N)C(=O)OC[C@H]1CN(N)C(=O)O1. The van der Waals surface area contributed by atoms with Crippen LogP contribution in [0.25, 0.3) is 0 Å². The van der Waals surface area contributed by atoms with Crippen LogP contribution in [-0.2, 0) is 14.3 Å². The number of carbonyl (C=O) groups excluding carboxylic acids is 2. The summed E-state index contributed by atoms with van der Waals surface area (Å²) in [5.41, 5.74) is 5.58. The quantitative estimate of drug-likeness (QED) is 0.373. The summed E-state index contributed by atoms with van der Waals surface area (Å²) in [5.74, 6) is 4.78. The lowest BCUT2D eigenvalue weighted by molar-refractivity contribution is -0.148. The summed E-state index contributed by atoms with van der Waals surface area (Å²) in [5, 5.41) is 0.931. The number of esters is 1. The summed E-state index contributed by atoms with van der Waals surface area (Å²) in [6.07, 6.45) is -1.13. The van der Waals surface area contributed by atoms with Crippen molar-refractivity contribution in [2.45, 2.75) is 26.0 Å². The van der Waals surface area contributed by atoms with E-state index in [1.165, 1.54) is 0 Å². The van der Waals surface area contributed by atoms with Crippen molar-refractivity contribution in [2.24, 2.45) is 17.5 Å². The highest BCUT2D eigenvalue weighted by Crippen LogP contribution is 2.08. The number of carbonyl (C=O) groups is 2. The van der Waals surface area contributed by atoms with Gasteiger partial charge in [0.25, 0.3) is 0 Å². The molecule has 0 aromatic rings. The van der Waals surface area contributed by atoms with Crippen LogP contribution in [0.4, 0.5) is 4.79 Å². The van der Waals surface area contributed by atoms with Gasteiger partial charge in [0.15, 0.2) is 6.10 Å². The maximum atomic E-state index is 11.4. The minimum absolute atomic E-state index is 0.00429. The second kappa shape index (κ2) is 5.13. The zero-order valence-electron chi connectivity index (χ0n) is 9.38. The van der Waals surface area contributed by atoms with Gasteiger partial charge in [0.1, 0.15) is 12.6 Å². The molecule has 1 fully saturated rings. The Kier molecular flexibility index (Phi) is 4.08. The zero-order chi connectivity index (χ0) is 12.3. The van der Waals surface area contributed by atoms with Gasteiger partial charge in [-0.3, -0.25) is 4.79 Å². The van der Waals surface area contributed by atoms with Gasteiger partial charge in [-0.05, 0) is 5.92 Å². The fourth-order valence-electron chi connectivity index (χ4n) is 1.17. The largest absolute Gasteiger partial charge is 0.460 e. The molecule has 7 heteroatoms. The molecule has 0 unspecified atom stereocenters. The van der Waals surface area contributed by atoms with E-state index >= 15 is 0 Å². The maximum Gasteiger partial charge on any atom is 0.424 e. The van der Waals surface area contributed by atoms with Crippen molar-refractivity contribution in [3.05, 3.63) is 0 Å². The third-order valence-corrected chi connectivity index (χ3v) is 2.30. The Morgan fingerprint density at radius 3 is 2.75 bits per heavy atom. The molecule has 0 aliphatic carbocycles. The van der Waals surface area contributed by atoms with Crippen LogP contribution in [0.15, 0.2) is 0 Å². The lowest BCUT2D eigenvalue weighted by atomic mass is 10.1. The molecular weight excluding hydrogens is 214 g/mol. The monoisotopic (exact) mass is 231 g/mol. The second-order valence-corrected chi connectivity index (χ2v) is 4.06. The Hall–Kier alpha value is -1.34. The van der Waals surface area contributed by atoms with Crippen molar-refractivity contribution in [3.8, 4) is 0 Å². The van der Waals surface area contributed by atoms with Crippen LogP contribution in [-0.4, -0.2) is 42.4 Å². The molecule has 16 heavy (non-hydrogen) atoms. The van der Waals surface area contributed by atoms with E-state index in [0.29, 0.717) is 0 Å². The highest BCUT2D eigenvalue weighted by Gasteiger charge is 2.30. The second-order valence-electron chi connectivity index (χ2n) is 4.06. The van der Waals surface area contributed by atoms with Gasteiger partial charge in [0, 0.05) is 0 Å². The molecular formula is C9H17N3O4. The van der Waals surface area contributed by atoms with Crippen LogP contribution < -0.4 is 11.6 Å². The number of amides is 1. The van der Waals surface area contributed by atoms with Crippen LogP contribution in [0.2, 0.25) is 0 Å². The van der Waals surface area contributed by atoms with Gasteiger partial charge in [-0.15, -0.1) is 0 Å². The molecule has 2 atom stereocenters. The Labute approximate surface area is 93.6 Å². The van der Waals surface area contributed by atoms with Crippen LogP contribution in [0.3, 0.4) is 0 Å². The molecule has 7 nitrogen and oxygen atoms in total. The molecule has 1 aliphatic rings. The van der Waals surface area contributed by atoms with E-state index in [2.05, 4.69) is 0 Å². The molecule has 0 radical (unpaired) electrons. The highest BCUT2D eigenvalue weighted by atomic mass is 16.6. The number of ether oxygens (including phenoxy) is 2. The van der Waals surface area contributed by atoms with Gasteiger partial charge >= 0.3 is 12.1 Å². The van der Waals surface area contributed by atoms with Crippen LogP contribution in [0.1, 0.15) is 13.8 Å². The minimum atomic E-state index is -0.661. The number of rotatable bonds is 4. The first kappa shape index (κ1) is 12.7. The minimum Gasteiger partial charge on any atom is -0.460 e. The lowest BCUT2D eigenvalue weighted by Crippen LogP contribution is -2.39. The number of nitrogens with zero attached hydrogens (tertiary/aromatic N) is 1. The number of hydrogen-bond donors (Lipinski definition) is 2. The number of hydrogen-bond acceptors (Lipinski definition) is 6. The Bertz CT molecular complexity index is 282. The van der Waals surface area contributed by atoms with Crippen molar-refractivity contribution in [2.75, 3.05) is 13.2 Å². The Morgan fingerprint density at radius 1 is 1.69 bits per heavy atom. The summed E-state index contributed by atoms with van der Waals surface area (Å²) >= 11 is 0. The van der Waals surface area contributed by atoms with E-state index in [1.807, 2.05) is 13.8 Å². The van der Waals surface area contributed by atoms with E-state index < -0.39 is 24.2 Å². The van der Waals surface area contributed by atoms with Crippen molar-refractivity contribution >= 4 is 12.1 Å². The molecule has 1 rings (SSSR count). The molecule has 1 amide bonds. The molecule has 1 aliphatic heterocycles. The van der Waals surface area contributed by atoms with Crippen molar-refractivity contribution in [1.29, 1.82) is 0 Å². The molecule has 1 heterocycles. The van der Waals surface area contributed by atoms with E-state index in [0.717, 1.165) is 5.01 Å². The Balaban J connectivity index is 2.30. The summed E-state index contributed by atoms with van der Waals surface area (Å²) in [4.78, 5) is 22.3. The van der Waals surface area contributed by atoms with E-state index in [1.54, 1.807) is 0 Å². The average Bonchev–Trinajstić information content (AvgIpc) is 2.53. The summed E-state index contributed by atoms with van der Waals surface area (Å²) in [6, 6.07) is -0.661. The number of nitrogens with two attached hydrogens (primary N) is 2. The Morgan fingerprint density at radius 2 is 2.31 bits per heavy atom. The zero-order valence-corrected chi connectivity index (χ0v) is 9.38. The average molecular weight is 231 g/mol. The standard InChI is InChI=1S/C9H17N3O4/c1-5(2)7(10)8(13)15-4-6-3-12(11)9(14)16-6/h5-7H,3-4,10-11H2,1-2H3/t6-,7+/m1/s1. The number of cyclic esters (lactones) is 1. The van der Waals surface area contributed by atoms with Crippen molar-refractivity contribution in [3.63, 3.8) is 0 Å². The summed E-state index contributed by atoms with van der Waals surface area (Å²) in [7, 11) is 0. The first-order chi connectivity index (χ1) is 7.41. The maximum absolute atomic E-state index is 11.4. The van der Waals surface area contributed by atoms with Crippen LogP contribution in [0, 0.1) is 5.92 Å². The molecule has 1 saturated heterocycles. The summed E-state index contributed by atoms with van der Waals surface area (Å²) in [6.45, 7) is 3.84. The van der Waals surface area contributed by atoms with E-state index in [9.17, 15) is 9.59 Å². The molecule has 4 N–H and O–H groups in total. The first-order valence-corrected chi connectivity index (χ1v) is 5.07. The van der Waals surface area contributed by atoms with E-state index in [4.69, 9.17) is 21.1 Å². The van der Waals surface area contributed by atoms with Crippen molar-refractivity contribution in [1.82, 2.24) is 5.01 Å². The van der Waals surface area contributed by atoms with Gasteiger partial charge in [0.05, 0.1) is 6.54 Å². The predicted octanol–water partition coefficient (Wildman–Crippen LogP) is -0.793. The van der Waals surface area contributed by atoms with Gasteiger partial charge in [-0.25, -0.2) is 15.6 Å². The molecule has 0 saturated carbocycles. The lowest BCUT2D eigenvalue weighted by Gasteiger charge is -2.15. The van der Waals surface area contributed by atoms with Crippen molar-refractivity contribution < 1.29 is 19.1 Å². The smallest absolute Gasteiger partial charge is 0.424 e. The molecule has 0 aromatic heterocycles. The number of hydrazine groups is 1. The van der Waals surface area contributed by atoms with Gasteiger partial charge in [0.2, 0.25) is 0 Å². The van der Waals surface area contributed by atoms with Crippen LogP contribution >= 0.6 is 0 Å². The highest BCUT2D eigenvalue weighted by molar-refractivity contribution is 5.75. The fraction of sp³-hybridized carbons (Fsp3) is 0.778. The summed E-state index contributed by atoms with van der Waals surface area (Å²) < 4.78 is 9.73. The molecule has 0 aromatic carbocycles. The van der Waals surface area contributed by atoms with Gasteiger partial charge in [-0.1, -0.05) is 13.8 Å². The molecule has 0 spiro atoms. The fourth-order valence-corrected chi connectivity index (χ4v) is 1.17. The normalized spacial score (nSPS) is 22.2. The molecule has 0 bridgehead atoms. The van der Waals surface area contributed by atoms with E-state index in [-0.39, 0.29) is 19.1 Å². The predicted molar refractivity (Wildman–Crippen MR) is 54.9 cm³/mol. The third-order valence-electron chi connectivity index (χ3n) is 2.30. The van der Waals surface area contributed by atoms with Crippen LogP contribution in [0.5, 0.6) is 0 Å². The van der Waals surface area contributed by atoms with Gasteiger partial charge < -0.3 is 15.2 Å². The first-order valence-electron chi connectivity index (χ1n) is 5.07.